The van der Waals surface area contributed by atoms with E-state index in [0.29, 0.717) is 24.0 Å². The molecule has 12 heteroatoms. The monoisotopic (exact) mass is 695 g/mol. The van der Waals surface area contributed by atoms with Gasteiger partial charge < -0.3 is 14.8 Å². The first kappa shape index (κ1) is 33.6. The molecule has 1 aliphatic carbocycles. The second-order valence-corrected chi connectivity index (χ2v) is 16.1. The smallest absolute Gasteiger partial charge is 0.410 e. The van der Waals surface area contributed by atoms with E-state index in [9.17, 15) is 9.59 Å². The number of rotatable bonds is 7. The van der Waals surface area contributed by atoms with Gasteiger partial charge in [-0.05, 0) is 91.2 Å². The molecule has 5 atom stereocenters. The maximum Gasteiger partial charge on any atom is 0.410 e. The number of likely N-dealkylation sites (tertiary alicyclic amines) is 1. The molecule has 0 spiro atoms. The molecule has 1 amide bonds. The van der Waals surface area contributed by atoms with Gasteiger partial charge in [0.2, 0.25) is 0 Å². The van der Waals surface area contributed by atoms with Crippen molar-refractivity contribution in [1.29, 1.82) is 0 Å². The Balaban J connectivity index is 0.975. The molecule has 2 aliphatic heterocycles. The third-order valence-electron chi connectivity index (χ3n) is 9.96. The fourth-order valence-corrected chi connectivity index (χ4v) is 7.55. The number of amides is 1. The highest BCUT2D eigenvalue weighted by molar-refractivity contribution is 5.74. The van der Waals surface area contributed by atoms with Crippen molar-refractivity contribution in [1.82, 2.24) is 40.6 Å². The zero-order chi connectivity index (χ0) is 36.8. The zero-order valence-electron chi connectivity index (χ0n) is 31.5. The van der Waals surface area contributed by atoms with Crippen LogP contribution in [0.3, 0.4) is 0 Å². The minimum Gasteiger partial charge on any atom is -0.460 e. The third kappa shape index (κ3) is 7.85. The minimum absolute atomic E-state index is 0.0292. The summed E-state index contributed by atoms with van der Waals surface area (Å²) in [5.41, 5.74) is 2.83. The van der Waals surface area contributed by atoms with Crippen LogP contribution >= 0.6 is 0 Å². The van der Waals surface area contributed by atoms with Gasteiger partial charge in [-0.1, -0.05) is 55.0 Å². The maximum absolute atomic E-state index is 12.9. The highest BCUT2D eigenvalue weighted by Gasteiger charge is 2.39. The molecule has 1 saturated carbocycles. The van der Waals surface area contributed by atoms with E-state index in [2.05, 4.69) is 44.7 Å². The van der Waals surface area contributed by atoms with Crippen LogP contribution in [0.5, 0.6) is 0 Å². The normalized spacial score (nSPS) is 24.5. The summed E-state index contributed by atoms with van der Waals surface area (Å²) in [6.07, 6.45) is 5.71. The van der Waals surface area contributed by atoms with Crippen molar-refractivity contribution < 1.29 is 20.5 Å². The number of ether oxygens (including phenoxy) is 2. The number of hydrogen-bond acceptors (Lipinski definition) is 9. The molecule has 2 aromatic carbocycles. The molecule has 3 aliphatic rings. The number of aromatic amines is 2. The van der Waals surface area contributed by atoms with E-state index in [0.717, 1.165) is 73.0 Å². The Kier molecular flexibility index (Phi) is 9.12. The summed E-state index contributed by atoms with van der Waals surface area (Å²) in [7, 11) is 0. The fraction of sp³-hybridized carbons (Fsp3) is 0.538. The quantitative estimate of drug-likeness (QED) is 0.165. The van der Waals surface area contributed by atoms with Crippen molar-refractivity contribution in [2.75, 3.05) is 6.54 Å². The van der Waals surface area contributed by atoms with Crippen LogP contribution in [0.2, 0.25) is 1.41 Å². The average Bonchev–Trinajstić information content (AvgIpc) is 3.93. The Morgan fingerprint density at radius 3 is 1.84 bits per heavy atom. The number of nitrogens with one attached hydrogen (secondary N) is 3. The van der Waals surface area contributed by atoms with Gasteiger partial charge in [0.1, 0.15) is 24.3 Å². The Morgan fingerprint density at radius 2 is 1.27 bits per heavy atom. The molecule has 3 N–H and O–H groups in total. The van der Waals surface area contributed by atoms with E-state index >= 15 is 0 Å². The molecule has 0 bridgehead atoms. The number of esters is 1. The van der Waals surface area contributed by atoms with Gasteiger partial charge in [-0.15, -0.1) is 0 Å². The summed E-state index contributed by atoms with van der Waals surface area (Å²) < 4.78 is 20.4. The average molecular weight is 696 g/mol. The van der Waals surface area contributed by atoms with E-state index < -0.39 is 11.2 Å². The maximum atomic E-state index is 12.9. The summed E-state index contributed by atoms with van der Waals surface area (Å²) >= 11 is 0. The first-order valence-electron chi connectivity index (χ1n) is 18.7. The van der Waals surface area contributed by atoms with E-state index in [-0.39, 0.29) is 42.0 Å². The van der Waals surface area contributed by atoms with Gasteiger partial charge in [-0.3, -0.25) is 19.9 Å². The Labute approximate surface area is 301 Å². The summed E-state index contributed by atoms with van der Waals surface area (Å²) in [6, 6.07) is 16.0. The molecule has 7 rings (SSSR count). The molecule has 2 aromatic heterocycles. The van der Waals surface area contributed by atoms with E-state index in [1.54, 1.807) is 10.2 Å². The second kappa shape index (κ2) is 13.9. The second-order valence-electron chi connectivity index (χ2n) is 16.1. The highest BCUT2D eigenvalue weighted by Crippen LogP contribution is 2.41. The summed E-state index contributed by atoms with van der Waals surface area (Å²) in [6.45, 7) is 11.9. The van der Waals surface area contributed by atoms with Crippen LogP contribution in [-0.4, -0.2) is 65.1 Å². The molecule has 12 nitrogen and oxygen atoms in total. The molecule has 270 valence electrons. The summed E-state index contributed by atoms with van der Waals surface area (Å²) in [4.78, 5) is 37.0. The van der Waals surface area contributed by atoms with Gasteiger partial charge in [0, 0.05) is 35.7 Å². The van der Waals surface area contributed by atoms with Crippen molar-refractivity contribution in [2.45, 2.75) is 122 Å². The minimum atomic E-state index is -0.563. The highest BCUT2D eigenvalue weighted by atomic mass is 16.6. The van der Waals surface area contributed by atoms with E-state index in [1.165, 1.54) is 0 Å². The zero-order valence-corrected chi connectivity index (χ0v) is 30.5. The molecule has 2 saturated heterocycles. The van der Waals surface area contributed by atoms with Crippen molar-refractivity contribution in [3.63, 3.8) is 0 Å². The SMILES string of the molecule is [2H]N1C(c2ccc(-c3n[nH]c(C4CCCC4C(=O)OC(C)(C)C)n3)cc2)CCC1c1ccc(-c2n[nH]c(C3CCCN3C(=O)OC(C)(C)C)n2)cc1. The van der Waals surface area contributed by atoms with Crippen LogP contribution in [0.1, 0.15) is 133 Å². The number of hydrogen-bond donors (Lipinski definition) is 3. The number of nitrogens with zero attached hydrogens (tertiary/aromatic N) is 5. The standard InChI is InChI=1S/C39H50N8O4/c1-38(2,3)50-36(48)28-10-7-9-27(28)34-41-32(43-45-34)25-16-12-23(13-17-25)29-20-21-30(40-29)24-14-18-26(19-15-24)33-42-35(46-44-33)31-11-8-22-47(31)37(49)51-39(4,5)6/h12-19,27-31,40H,7-11,20-22H2,1-6H3,(H,41,43,45)(H,42,44,46)/i/hD. The largest absolute Gasteiger partial charge is 0.460 e. The van der Waals surface area contributed by atoms with Gasteiger partial charge in [0.15, 0.2) is 11.6 Å². The Morgan fingerprint density at radius 1 is 0.725 bits per heavy atom. The first-order valence-corrected chi connectivity index (χ1v) is 18.3. The fourth-order valence-electron chi connectivity index (χ4n) is 7.55. The lowest BCUT2D eigenvalue weighted by atomic mass is 9.95. The Bertz CT molecular complexity index is 1740. The number of H-pyrrole nitrogens is 2. The summed E-state index contributed by atoms with van der Waals surface area (Å²) in [5, 5.41) is 16.8. The van der Waals surface area contributed by atoms with E-state index in [1.807, 2.05) is 65.8 Å². The lowest BCUT2D eigenvalue weighted by Crippen LogP contribution is -2.36. The van der Waals surface area contributed by atoms with Crippen molar-refractivity contribution in [3.8, 4) is 22.8 Å². The molecule has 3 fully saturated rings. The van der Waals surface area contributed by atoms with Gasteiger partial charge in [0.05, 0.1) is 12.0 Å². The predicted octanol–water partition coefficient (Wildman–Crippen LogP) is 7.72. The molecule has 4 aromatic rings. The molecule has 4 heterocycles. The van der Waals surface area contributed by atoms with Crippen LogP contribution in [0.25, 0.3) is 22.8 Å². The number of carbonyl (C=O) groups is 2. The van der Waals surface area contributed by atoms with Gasteiger partial charge >= 0.3 is 12.1 Å². The van der Waals surface area contributed by atoms with Crippen LogP contribution in [-0.2, 0) is 14.3 Å². The lowest BCUT2D eigenvalue weighted by molar-refractivity contribution is -0.160. The third-order valence-corrected chi connectivity index (χ3v) is 9.96. The topological polar surface area (TPSA) is 151 Å². The molecule has 51 heavy (non-hydrogen) atoms. The van der Waals surface area contributed by atoms with E-state index in [4.69, 9.17) is 20.9 Å². The predicted molar refractivity (Wildman–Crippen MR) is 192 cm³/mol. The number of aromatic nitrogens is 6. The molecular formula is C39H50N8O4. The Hall–Kier alpha value is -4.58. The summed E-state index contributed by atoms with van der Waals surface area (Å²) in [5.74, 6) is 2.16. The number of benzene rings is 2. The van der Waals surface area contributed by atoms with Crippen LogP contribution in [0, 0.1) is 5.92 Å². The van der Waals surface area contributed by atoms with Crippen LogP contribution in [0.4, 0.5) is 4.79 Å². The first-order chi connectivity index (χ1) is 24.7. The van der Waals surface area contributed by atoms with Crippen molar-refractivity contribution in [3.05, 3.63) is 71.3 Å². The van der Waals surface area contributed by atoms with Crippen molar-refractivity contribution >= 4 is 12.1 Å². The number of carbonyl (C=O) groups excluding carboxylic acids is 2. The van der Waals surface area contributed by atoms with Crippen LogP contribution in [0.15, 0.2) is 48.5 Å². The van der Waals surface area contributed by atoms with Gasteiger partial charge in [-0.2, -0.15) is 10.2 Å². The van der Waals surface area contributed by atoms with Crippen LogP contribution < -0.4 is 5.31 Å². The van der Waals surface area contributed by atoms with Gasteiger partial charge in [-0.25, -0.2) is 14.8 Å². The van der Waals surface area contributed by atoms with Gasteiger partial charge in [0.25, 0.3) is 0 Å². The lowest BCUT2D eigenvalue weighted by Gasteiger charge is -2.27. The van der Waals surface area contributed by atoms with Crippen molar-refractivity contribution in [2.24, 2.45) is 5.92 Å². The molecule has 5 unspecified atom stereocenters. The molecule has 0 radical (unpaired) electrons. The molecular weight excluding hydrogens is 644 g/mol.